The van der Waals surface area contributed by atoms with Crippen molar-refractivity contribution in [3.8, 4) is 5.75 Å². The third kappa shape index (κ3) is 5.69. The Morgan fingerprint density at radius 1 is 1.00 bits per heavy atom. The molecule has 2 bridgehead atoms. The largest absolute Gasteiger partial charge is 0.493 e. The van der Waals surface area contributed by atoms with Crippen molar-refractivity contribution >= 4 is 17.7 Å². The van der Waals surface area contributed by atoms with Gasteiger partial charge in [0, 0.05) is 50.2 Å². The average Bonchev–Trinajstić information content (AvgIpc) is 3.53. The summed E-state index contributed by atoms with van der Waals surface area (Å²) in [5, 5.41) is 0. The molecule has 8 nitrogen and oxygen atoms in total. The molecule has 0 aliphatic carbocycles. The minimum atomic E-state index is -0.0134. The Labute approximate surface area is 213 Å². The highest BCUT2D eigenvalue weighted by atomic mass is 16.5. The van der Waals surface area contributed by atoms with Crippen LogP contribution >= 0.6 is 0 Å². The average molecular weight is 498 g/mol. The van der Waals surface area contributed by atoms with E-state index in [-0.39, 0.29) is 35.7 Å². The normalized spacial score (nSPS) is 25.3. The number of nitrogens with zero attached hydrogens (tertiary/aromatic N) is 3. The number of fused-ring (bicyclic) bond motifs is 3. The van der Waals surface area contributed by atoms with E-state index in [1.807, 2.05) is 34.1 Å². The Bertz CT molecular complexity index is 958. The van der Waals surface area contributed by atoms with Gasteiger partial charge in [0.15, 0.2) is 0 Å². The minimum Gasteiger partial charge on any atom is -0.493 e. The Hall–Kier alpha value is -2.61. The van der Waals surface area contributed by atoms with Crippen molar-refractivity contribution in [2.75, 3.05) is 52.5 Å². The maximum atomic E-state index is 13.2. The predicted molar refractivity (Wildman–Crippen MR) is 135 cm³/mol. The van der Waals surface area contributed by atoms with Gasteiger partial charge in [0.05, 0.1) is 25.8 Å². The number of amides is 3. The molecule has 196 valence electrons. The molecule has 3 saturated heterocycles. The predicted octanol–water partition coefficient (Wildman–Crippen LogP) is 3.10. The van der Waals surface area contributed by atoms with Crippen molar-refractivity contribution in [3.05, 3.63) is 29.8 Å². The van der Waals surface area contributed by atoms with Crippen LogP contribution in [-0.4, -0.2) is 91.0 Å². The third-order valence-electron chi connectivity index (χ3n) is 8.49. The molecule has 4 aliphatic heterocycles. The van der Waals surface area contributed by atoms with Crippen LogP contribution in [0, 0.1) is 5.41 Å². The summed E-state index contributed by atoms with van der Waals surface area (Å²) in [5.74, 6) is 0.932. The number of carbonyl (C=O) groups excluding carboxylic acids is 3. The van der Waals surface area contributed by atoms with Crippen molar-refractivity contribution in [1.29, 1.82) is 0 Å². The van der Waals surface area contributed by atoms with Crippen LogP contribution in [0.25, 0.3) is 0 Å². The molecular formula is C28H39N3O5. The van der Waals surface area contributed by atoms with Crippen LogP contribution < -0.4 is 4.74 Å². The van der Waals surface area contributed by atoms with Gasteiger partial charge in [-0.15, -0.1) is 0 Å². The van der Waals surface area contributed by atoms with Gasteiger partial charge < -0.3 is 24.2 Å². The second kappa shape index (κ2) is 11.2. The lowest BCUT2D eigenvalue weighted by Gasteiger charge is -2.42. The van der Waals surface area contributed by atoms with Gasteiger partial charge in [0.1, 0.15) is 5.75 Å². The third-order valence-corrected chi connectivity index (χ3v) is 8.49. The zero-order valence-electron chi connectivity index (χ0n) is 21.3. The van der Waals surface area contributed by atoms with E-state index in [1.165, 1.54) is 0 Å². The van der Waals surface area contributed by atoms with Crippen molar-refractivity contribution in [1.82, 2.24) is 14.7 Å². The van der Waals surface area contributed by atoms with E-state index in [0.717, 1.165) is 63.7 Å². The van der Waals surface area contributed by atoms with Crippen LogP contribution in [-0.2, 0) is 14.3 Å². The quantitative estimate of drug-likeness (QED) is 0.627. The van der Waals surface area contributed by atoms with Gasteiger partial charge in [0.2, 0.25) is 11.8 Å². The summed E-state index contributed by atoms with van der Waals surface area (Å²) >= 11 is 0. The van der Waals surface area contributed by atoms with Crippen molar-refractivity contribution in [2.45, 2.75) is 63.8 Å². The van der Waals surface area contributed by atoms with Crippen LogP contribution in [0.3, 0.4) is 0 Å². The summed E-state index contributed by atoms with van der Waals surface area (Å²) in [4.78, 5) is 43.6. The number of rotatable bonds is 2. The van der Waals surface area contributed by atoms with Gasteiger partial charge in [-0.25, -0.2) is 0 Å². The molecule has 1 aromatic carbocycles. The molecule has 0 unspecified atom stereocenters. The van der Waals surface area contributed by atoms with Crippen LogP contribution in [0.1, 0.15) is 68.1 Å². The summed E-state index contributed by atoms with van der Waals surface area (Å²) in [6.07, 6.45) is 8.23. The fourth-order valence-electron chi connectivity index (χ4n) is 6.15. The topological polar surface area (TPSA) is 79.4 Å². The summed E-state index contributed by atoms with van der Waals surface area (Å²) in [6, 6.07) is 7.72. The first-order chi connectivity index (χ1) is 17.5. The number of hydrogen-bond donors (Lipinski definition) is 0. The molecule has 1 spiro atoms. The fraction of sp³-hybridized carbons (Fsp3) is 0.679. The second-order valence-electron chi connectivity index (χ2n) is 10.9. The van der Waals surface area contributed by atoms with Crippen LogP contribution in [0.4, 0.5) is 0 Å². The first-order valence-electron chi connectivity index (χ1n) is 13.7. The molecule has 4 heterocycles. The Morgan fingerprint density at radius 2 is 1.86 bits per heavy atom. The maximum Gasteiger partial charge on any atom is 0.254 e. The molecule has 0 N–H and O–H groups in total. The van der Waals surface area contributed by atoms with Gasteiger partial charge in [0.25, 0.3) is 5.91 Å². The van der Waals surface area contributed by atoms with Gasteiger partial charge in [-0.1, -0.05) is 12.5 Å². The number of hydrogen-bond acceptors (Lipinski definition) is 5. The number of benzene rings is 1. The molecule has 5 rings (SSSR count). The van der Waals surface area contributed by atoms with E-state index < -0.39 is 0 Å². The summed E-state index contributed by atoms with van der Waals surface area (Å²) in [6.45, 7) is 4.94. The highest BCUT2D eigenvalue weighted by Crippen LogP contribution is 2.38. The van der Waals surface area contributed by atoms with Crippen LogP contribution in [0.2, 0.25) is 0 Å². The van der Waals surface area contributed by atoms with Gasteiger partial charge in [-0.05, 0) is 63.1 Å². The second-order valence-corrected chi connectivity index (χ2v) is 10.9. The molecule has 0 saturated carbocycles. The molecule has 1 aromatic rings. The molecule has 3 fully saturated rings. The smallest absolute Gasteiger partial charge is 0.254 e. The van der Waals surface area contributed by atoms with E-state index in [9.17, 15) is 14.4 Å². The molecule has 4 aliphatic rings. The van der Waals surface area contributed by atoms with Crippen LogP contribution in [0.5, 0.6) is 5.75 Å². The highest BCUT2D eigenvalue weighted by molar-refractivity contribution is 5.95. The van der Waals surface area contributed by atoms with Gasteiger partial charge in [-0.2, -0.15) is 0 Å². The Morgan fingerprint density at radius 3 is 2.67 bits per heavy atom. The standard InChI is InChI=1S/C28H39N3O5/c32-25-9-5-13-30(25)19-26(33)29-15-11-28(12-16-29)10-1-2-17-35-20-23-7-4-14-31(23)27(34)22-6-3-8-24(18-22)36-21-28/h3,6,8,18,23H,1-2,4-5,7,9-17,19-21H2/t23-/m0/s1. The van der Waals surface area contributed by atoms with Gasteiger partial charge in [-0.3, -0.25) is 14.4 Å². The monoisotopic (exact) mass is 497 g/mol. The summed E-state index contributed by atoms with van der Waals surface area (Å²) < 4.78 is 12.3. The lowest BCUT2D eigenvalue weighted by Crippen LogP contribution is -2.48. The van der Waals surface area contributed by atoms with E-state index in [0.29, 0.717) is 51.4 Å². The first kappa shape index (κ1) is 25.1. The molecule has 3 amide bonds. The summed E-state index contributed by atoms with van der Waals surface area (Å²) in [7, 11) is 0. The van der Waals surface area contributed by atoms with Crippen LogP contribution in [0.15, 0.2) is 24.3 Å². The molecule has 0 radical (unpaired) electrons. The molecule has 0 aromatic heterocycles. The first-order valence-corrected chi connectivity index (χ1v) is 13.7. The van der Waals surface area contributed by atoms with Crippen molar-refractivity contribution in [2.24, 2.45) is 5.41 Å². The van der Waals surface area contributed by atoms with E-state index in [2.05, 4.69) is 0 Å². The number of likely N-dealkylation sites (tertiary alicyclic amines) is 2. The Balaban J connectivity index is 1.25. The highest BCUT2D eigenvalue weighted by Gasteiger charge is 2.37. The van der Waals surface area contributed by atoms with E-state index in [1.54, 1.807) is 4.90 Å². The van der Waals surface area contributed by atoms with E-state index >= 15 is 0 Å². The van der Waals surface area contributed by atoms with Crippen molar-refractivity contribution < 1.29 is 23.9 Å². The Kier molecular flexibility index (Phi) is 7.79. The lowest BCUT2D eigenvalue weighted by atomic mass is 9.75. The van der Waals surface area contributed by atoms with Crippen molar-refractivity contribution in [3.63, 3.8) is 0 Å². The van der Waals surface area contributed by atoms with E-state index in [4.69, 9.17) is 9.47 Å². The van der Waals surface area contributed by atoms with Gasteiger partial charge >= 0.3 is 0 Å². The maximum absolute atomic E-state index is 13.2. The molecule has 36 heavy (non-hydrogen) atoms. The number of piperidine rings is 1. The number of ether oxygens (including phenoxy) is 2. The SMILES string of the molecule is O=C(CN1CCCC1=O)N1CCC2(CCCCOC[C@@H]3CCCN3C(=O)c3cccc(c3)OC2)CC1. The molecule has 8 heteroatoms. The lowest BCUT2D eigenvalue weighted by molar-refractivity contribution is -0.140. The molecular weight excluding hydrogens is 458 g/mol. The number of carbonyl (C=O) groups is 3. The zero-order chi connectivity index (χ0) is 25.0. The summed E-state index contributed by atoms with van der Waals surface area (Å²) in [5.41, 5.74) is 0.653. The molecule has 1 atom stereocenters. The fourth-order valence-corrected chi connectivity index (χ4v) is 6.15. The minimum absolute atomic E-state index is 0.0134. The zero-order valence-corrected chi connectivity index (χ0v) is 21.3.